The third kappa shape index (κ3) is 4.44. The molecule has 7 nitrogen and oxygen atoms in total. The largest absolute Gasteiger partial charge is 0.495 e. The highest BCUT2D eigenvalue weighted by molar-refractivity contribution is 8.05. The highest BCUT2D eigenvalue weighted by Crippen LogP contribution is 2.34. The molecule has 1 aromatic heterocycles. The Bertz CT molecular complexity index is 1180. The van der Waals surface area contributed by atoms with Crippen molar-refractivity contribution < 1.29 is 23.8 Å². The highest BCUT2D eigenvalue weighted by Gasteiger charge is 2.28. The van der Waals surface area contributed by atoms with Crippen molar-refractivity contribution in [2.75, 3.05) is 12.4 Å². The van der Waals surface area contributed by atoms with Crippen LogP contribution in [-0.4, -0.2) is 29.6 Å². The molecule has 4 rings (SSSR count). The molecule has 0 saturated carbocycles. The Balaban J connectivity index is 1.53. The van der Waals surface area contributed by atoms with Crippen molar-refractivity contribution in [3.63, 3.8) is 0 Å². The summed E-state index contributed by atoms with van der Waals surface area (Å²) in [6, 6.07) is 15.8. The van der Waals surface area contributed by atoms with E-state index >= 15 is 0 Å². The van der Waals surface area contributed by atoms with E-state index < -0.39 is 5.97 Å². The Morgan fingerprint density at radius 2 is 2.03 bits per heavy atom. The zero-order valence-corrected chi connectivity index (χ0v) is 17.7. The van der Waals surface area contributed by atoms with Gasteiger partial charge in [-0.05, 0) is 42.8 Å². The fourth-order valence-corrected chi connectivity index (χ4v) is 4.19. The van der Waals surface area contributed by atoms with Gasteiger partial charge in [-0.15, -0.1) is 0 Å². The predicted octanol–water partition coefficient (Wildman–Crippen LogP) is 4.56. The van der Waals surface area contributed by atoms with Crippen LogP contribution in [0.2, 0.25) is 0 Å². The van der Waals surface area contributed by atoms with Gasteiger partial charge in [0.25, 0.3) is 5.91 Å². The van der Waals surface area contributed by atoms with Crippen molar-refractivity contribution in [3.05, 3.63) is 76.4 Å². The van der Waals surface area contributed by atoms with E-state index in [0.29, 0.717) is 27.7 Å². The van der Waals surface area contributed by atoms with Gasteiger partial charge in [-0.1, -0.05) is 36.0 Å². The molecular weight excluding hydrogens is 416 g/mol. The predicted molar refractivity (Wildman–Crippen MR) is 120 cm³/mol. The van der Waals surface area contributed by atoms with Crippen LogP contribution in [0.15, 0.2) is 63.9 Å². The van der Waals surface area contributed by atoms with Crippen molar-refractivity contribution in [2.45, 2.75) is 12.4 Å². The number of hydrogen-bond acceptors (Lipinski definition) is 6. The lowest BCUT2D eigenvalue weighted by molar-refractivity contribution is -0.116. The maximum absolute atomic E-state index is 12.4. The van der Waals surface area contributed by atoms with E-state index in [-0.39, 0.29) is 17.0 Å². The summed E-state index contributed by atoms with van der Waals surface area (Å²) in [5.41, 5.74) is 2.12. The molecule has 0 radical (unpaired) electrons. The van der Waals surface area contributed by atoms with Crippen LogP contribution < -0.4 is 15.4 Å². The number of aromatic carboxylic acids is 1. The van der Waals surface area contributed by atoms with Crippen LogP contribution in [0.25, 0.3) is 17.4 Å². The number of carbonyl (C=O) groups excluding carboxylic acids is 1. The van der Waals surface area contributed by atoms with E-state index in [1.54, 1.807) is 43.5 Å². The number of ether oxygens (including phenoxy) is 1. The molecule has 1 saturated heterocycles. The Hall–Kier alpha value is -3.65. The molecular formula is C23H20N2O5S. The molecule has 158 valence electrons. The lowest BCUT2D eigenvalue weighted by Gasteiger charge is -2.16. The van der Waals surface area contributed by atoms with Crippen LogP contribution in [0, 0.1) is 6.92 Å². The number of anilines is 1. The van der Waals surface area contributed by atoms with Gasteiger partial charge in [0.1, 0.15) is 17.3 Å². The molecule has 2 aromatic carbocycles. The van der Waals surface area contributed by atoms with E-state index in [2.05, 4.69) is 10.6 Å². The lowest BCUT2D eigenvalue weighted by Crippen LogP contribution is -2.31. The van der Waals surface area contributed by atoms with Gasteiger partial charge in [-0.25, -0.2) is 4.79 Å². The number of nitrogens with one attached hydrogen (secondary N) is 2. The number of thioether (sulfide) groups is 1. The van der Waals surface area contributed by atoms with Crippen LogP contribution in [-0.2, 0) is 4.79 Å². The van der Waals surface area contributed by atoms with Gasteiger partial charge >= 0.3 is 5.97 Å². The maximum atomic E-state index is 12.4. The van der Waals surface area contributed by atoms with Crippen LogP contribution in [0.5, 0.6) is 5.75 Å². The molecule has 3 aromatic rings. The van der Waals surface area contributed by atoms with Gasteiger partial charge in [-0.2, -0.15) is 0 Å². The number of benzene rings is 2. The number of furan rings is 1. The van der Waals surface area contributed by atoms with E-state index in [9.17, 15) is 14.7 Å². The van der Waals surface area contributed by atoms with E-state index in [0.717, 1.165) is 11.3 Å². The molecule has 1 unspecified atom stereocenters. The first-order chi connectivity index (χ1) is 14.9. The summed E-state index contributed by atoms with van der Waals surface area (Å²) in [6.45, 7) is 1.98. The quantitative estimate of drug-likeness (QED) is 0.487. The fourth-order valence-electron chi connectivity index (χ4n) is 3.23. The van der Waals surface area contributed by atoms with Crippen LogP contribution >= 0.6 is 11.8 Å². The third-order valence-corrected chi connectivity index (χ3v) is 5.72. The zero-order valence-electron chi connectivity index (χ0n) is 16.8. The monoisotopic (exact) mass is 436 g/mol. The first-order valence-corrected chi connectivity index (χ1v) is 10.4. The molecule has 1 aliphatic heterocycles. The lowest BCUT2D eigenvalue weighted by atomic mass is 10.1. The first kappa shape index (κ1) is 20.6. The minimum Gasteiger partial charge on any atom is -0.495 e. The molecule has 0 spiro atoms. The number of rotatable bonds is 6. The average Bonchev–Trinajstić information content (AvgIpc) is 3.35. The minimum atomic E-state index is -1.03. The Kier molecular flexibility index (Phi) is 5.73. The first-order valence-electron chi connectivity index (χ1n) is 9.47. The average molecular weight is 436 g/mol. The summed E-state index contributed by atoms with van der Waals surface area (Å²) in [7, 11) is 1.60. The number of carboxylic acid groups (broad SMARTS) is 1. The molecule has 0 aliphatic carbocycles. The molecule has 31 heavy (non-hydrogen) atoms. The van der Waals surface area contributed by atoms with Crippen LogP contribution in [0.1, 0.15) is 21.7 Å². The standard InChI is InChI=1S/C23H20N2O5S/c1-13-7-9-19(29-2)17(11-13)24-23-25-21(26)20(31-23)12-14-8-10-18(30-14)15-5-3-4-6-16(15)22(27)28/h3-12,23-24H,1-2H3,(H,25,26)(H,27,28)/b20-12-. The summed E-state index contributed by atoms with van der Waals surface area (Å²) in [5.74, 6) is 0.316. The second-order valence-corrected chi connectivity index (χ2v) is 8.03. The third-order valence-electron chi connectivity index (χ3n) is 4.70. The highest BCUT2D eigenvalue weighted by atomic mass is 32.2. The molecule has 3 N–H and O–H groups in total. The number of aryl methyl sites for hydroxylation is 1. The van der Waals surface area contributed by atoms with E-state index in [4.69, 9.17) is 9.15 Å². The van der Waals surface area contributed by atoms with Gasteiger partial charge in [0.2, 0.25) is 0 Å². The summed E-state index contributed by atoms with van der Waals surface area (Å²) >= 11 is 1.33. The Morgan fingerprint density at radius 3 is 2.81 bits per heavy atom. The number of methoxy groups -OCH3 is 1. The van der Waals surface area contributed by atoms with Crippen LogP contribution in [0.3, 0.4) is 0 Å². The second-order valence-electron chi connectivity index (χ2n) is 6.88. The topological polar surface area (TPSA) is 101 Å². The smallest absolute Gasteiger partial charge is 0.336 e. The number of carbonyl (C=O) groups is 2. The van der Waals surface area contributed by atoms with Gasteiger partial charge < -0.3 is 24.9 Å². The maximum Gasteiger partial charge on any atom is 0.336 e. The van der Waals surface area contributed by atoms with Crippen LogP contribution in [0.4, 0.5) is 5.69 Å². The van der Waals surface area contributed by atoms with Crippen molar-refractivity contribution in [1.29, 1.82) is 0 Å². The van der Waals surface area contributed by atoms with E-state index in [1.165, 1.54) is 17.8 Å². The fraction of sp³-hybridized carbons (Fsp3) is 0.130. The Labute approximate surface area is 183 Å². The molecule has 0 bridgehead atoms. The number of hydrogen-bond donors (Lipinski definition) is 3. The van der Waals surface area contributed by atoms with Gasteiger partial charge in [0.15, 0.2) is 5.50 Å². The molecule has 8 heteroatoms. The van der Waals surface area contributed by atoms with Gasteiger partial charge in [0, 0.05) is 11.6 Å². The summed E-state index contributed by atoms with van der Waals surface area (Å²) in [4.78, 5) is 24.4. The minimum absolute atomic E-state index is 0.153. The SMILES string of the molecule is COc1ccc(C)cc1NC1NC(=O)/C(=C/c2ccc(-c3ccccc3C(=O)O)o2)S1. The van der Waals surface area contributed by atoms with Gasteiger partial charge in [-0.3, -0.25) is 4.79 Å². The zero-order chi connectivity index (χ0) is 22.0. The number of amides is 1. The molecule has 1 fully saturated rings. The van der Waals surface area contributed by atoms with E-state index in [1.807, 2.05) is 25.1 Å². The van der Waals surface area contributed by atoms with Crippen molar-refractivity contribution >= 4 is 35.4 Å². The summed E-state index contributed by atoms with van der Waals surface area (Å²) < 4.78 is 11.2. The summed E-state index contributed by atoms with van der Waals surface area (Å²) in [6.07, 6.45) is 1.64. The number of carboxylic acids is 1. The summed E-state index contributed by atoms with van der Waals surface area (Å²) in [5, 5.41) is 15.5. The van der Waals surface area contributed by atoms with Crippen molar-refractivity contribution in [2.24, 2.45) is 0 Å². The van der Waals surface area contributed by atoms with Crippen molar-refractivity contribution in [3.8, 4) is 17.1 Å². The van der Waals surface area contributed by atoms with Gasteiger partial charge in [0.05, 0.1) is 23.3 Å². The van der Waals surface area contributed by atoms with Crippen molar-refractivity contribution in [1.82, 2.24) is 5.32 Å². The molecule has 2 heterocycles. The Morgan fingerprint density at radius 1 is 1.23 bits per heavy atom. The second kappa shape index (κ2) is 8.61. The normalized spacial score (nSPS) is 16.9. The molecule has 1 atom stereocenters. The molecule has 1 amide bonds. The molecule has 1 aliphatic rings.